The molecular weight excluding hydrogens is 545 g/mol. The number of nitrogens with zero attached hydrogens (tertiary/aromatic N) is 1. The van der Waals surface area contributed by atoms with Gasteiger partial charge in [0.15, 0.2) is 27.3 Å². The fourth-order valence-corrected chi connectivity index (χ4v) is 4.18. The van der Waals surface area contributed by atoms with Gasteiger partial charge >= 0.3 is 0 Å². The molecular formula is C22H32IN3O5S. The smallest absolute Gasteiger partial charge is 0.203 e. The predicted molar refractivity (Wildman–Crippen MR) is 137 cm³/mol. The minimum absolute atomic E-state index is 0. The number of methoxy groups -OCH3 is 3. The molecule has 0 atom stereocenters. The Morgan fingerprint density at radius 1 is 1.00 bits per heavy atom. The van der Waals surface area contributed by atoms with Gasteiger partial charge in [-0.3, -0.25) is 0 Å². The molecule has 2 aromatic rings. The van der Waals surface area contributed by atoms with Crippen molar-refractivity contribution in [2.24, 2.45) is 4.99 Å². The highest BCUT2D eigenvalue weighted by Gasteiger charge is 2.16. The van der Waals surface area contributed by atoms with Crippen LogP contribution in [0.1, 0.15) is 23.6 Å². The Morgan fingerprint density at radius 3 is 2.22 bits per heavy atom. The lowest BCUT2D eigenvalue weighted by molar-refractivity contribution is 0.322. The van der Waals surface area contributed by atoms with Crippen molar-refractivity contribution in [3.8, 4) is 17.2 Å². The zero-order valence-corrected chi connectivity index (χ0v) is 22.5. The third-order valence-corrected chi connectivity index (χ3v) is 5.89. The molecule has 0 fully saturated rings. The highest BCUT2D eigenvalue weighted by Crippen LogP contribution is 2.39. The van der Waals surface area contributed by atoms with Gasteiger partial charge in [0.2, 0.25) is 5.75 Å². The average molecular weight is 577 g/mol. The number of aryl methyl sites for hydroxylation is 1. The van der Waals surface area contributed by atoms with Crippen molar-refractivity contribution < 1.29 is 22.6 Å². The predicted octanol–water partition coefficient (Wildman–Crippen LogP) is 3.30. The van der Waals surface area contributed by atoms with Gasteiger partial charge in [-0.2, -0.15) is 0 Å². The highest BCUT2D eigenvalue weighted by molar-refractivity contribution is 14.0. The van der Waals surface area contributed by atoms with Gasteiger partial charge in [0.25, 0.3) is 0 Å². The average Bonchev–Trinajstić information content (AvgIpc) is 2.73. The van der Waals surface area contributed by atoms with Gasteiger partial charge < -0.3 is 24.8 Å². The summed E-state index contributed by atoms with van der Waals surface area (Å²) in [4.78, 5) is 4.95. The molecule has 10 heteroatoms. The molecule has 0 saturated heterocycles. The van der Waals surface area contributed by atoms with Crippen LogP contribution in [0, 0.1) is 6.92 Å². The van der Waals surface area contributed by atoms with E-state index in [0.29, 0.717) is 53.3 Å². The Bertz CT molecular complexity index is 1040. The van der Waals surface area contributed by atoms with Crippen molar-refractivity contribution in [2.45, 2.75) is 31.8 Å². The van der Waals surface area contributed by atoms with Gasteiger partial charge in [0.05, 0.1) is 32.8 Å². The third kappa shape index (κ3) is 7.16. The number of halogens is 1. The minimum atomic E-state index is -3.24. The summed E-state index contributed by atoms with van der Waals surface area (Å²) in [6.45, 7) is 5.33. The number of benzene rings is 2. The quantitative estimate of drug-likeness (QED) is 0.268. The van der Waals surface area contributed by atoms with E-state index in [1.165, 1.54) is 6.26 Å². The second-order valence-corrected chi connectivity index (χ2v) is 8.90. The Balaban J connectivity index is 0.00000512. The van der Waals surface area contributed by atoms with Gasteiger partial charge in [-0.25, -0.2) is 13.4 Å². The summed E-state index contributed by atoms with van der Waals surface area (Å²) in [6, 6.07) is 9.00. The summed E-state index contributed by atoms with van der Waals surface area (Å²) < 4.78 is 39.9. The summed E-state index contributed by atoms with van der Waals surface area (Å²) in [5.41, 5.74) is 2.52. The Labute approximate surface area is 207 Å². The standard InChI is InChI=1S/C22H31N3O5S.HI/c1-7-23-22(24-13-16-8-11-19(15(2)12-16)31(6,26)27)25-14-17-9-10-18(28-3)21(30-5)20(17)29-4;/h8-12H,7,13-14H2,1-6H3,(H2,23,24,25);1H. The summed E-state index contributed by atoms with van der Waals surface area (Å²) in [6.07, 6.45) is 1.21. The molecule has 2 aromatic carbocycles. The summed E-state index contributed by atoms with van der Waals surface area (Å²) in [5.74, 6) is 2.35. The van der Waals surface area contributed by atoms with Crippen LogP contribution in [0.3, 0.4) is 0 Å². The molecule has 0 aromatic heterocycles. The molecule has 0 unspecified atom stereocenters. The van der Waals surface area contributed by atoms with E-state index in [0.717, 1.165) is 11.1 Å². The number of nitrogens with one attached hydrogen (secondary N) is 2. The third-order valence-electron chi connectivity index (χ3n) is 4.63. The molecule has 0 aliphatic carbocycles. The normalized spacial score (nSPS) is 11.4. The first kappa shape index (κ1) is 27.8. The molecule has 178 valence electrons. The van der Waals surface area contributed by atoms with E-state index < -0.39 is 9.84 Å². The van der Waals surface area contributed by atoms with E-state index in [9.17, 15) is 8.42 Å². The van der Waals surface area contributed by atoms with E-state index in [1.54, 1.807) is 40.4 Å². The maximum atomic E-state index is 11.8. The largest absolute Gasteiger partial charge is 0.493 e. The first-order chi connectivity index (χ1) is 14.7. The molecule has 0 saturated carbocycles. The van der Waals surface area contributed by atoms with Gasteiger partial charge in [-0.15, -0.1) is 24.0 Å². The fraction of sp³-hybridized carbons (Fsp3) is 0.409. The van der Waals surface area contributed by atoms with Crippen LogP contribution in [-0.2, 0) is 22.9 Å². The number of aliphatic imine (C=N–C) groups is 1. The van der Waals surface area contributed by atoms with Crippen molar-refractivity contribution in [1.82, 2.24) is 10.6 Å². The van der Waals surface area contributed by atoms with Crippen LogP contribution in [0.4, 0.5) is 0 Å². The van der Waals surface area contributed by atoms with Crippen molar-refractivity contribution in [2.75, 3.05) is 34.1 Å². The van der Waals surface area contributed by atoms with E-state index in [4.69, 9.17) is 14.2 Å². The second kappa shape index (κ2) is 12.7. The molecule has 0 aliphatic heterocycles. The minimum Gasteiger partial charge on any atom is -0.493 e. The SMILES string of the molecule is CCNC(=NCc1ccc(S(C)(=O)=O)c(C)c1)NCc1ccc(OC)c(OC)c1OC.I. The molecule has 0 heterocycles. The molecule has 32 heavy (non-hydrogen) atoms. The molecule has 0 amide bonds. The summed E-state index contributed by atoms with van der Waals surface area (Å²) in [7, 11) is 1.50. The van der Waals surface area contributed by atoms with E-state index >= 15 is 0 Å². The monoisotopic (exact) mass is 577 g/mol. The van der Waals surface area contributed by atoms with Crippen LogP contribution in [-0.4, -0.2) is 48.5 Å². The number of rotatable bonds is 9. The summed E-state index contributed by atoms with van der Waals surface area (Å²) in [5, 5.41) is 6.50. The highest BCUT2D eigenvalue weighted by atomic mass is 127. The van der Waals surface area contributed by atoms with Gasteiger partial charge in [-0.05, 0) is 43.2 Å². The molecule has 0 spiro atoms. The Morgan fingerprint density at radius 2 is 1.69 bits per heavy atom. The number of sulfone groups is 1. The van der Waals surface area contributed by atoms with Crippen LogP contribution in [0.2, 0.25) is 0 Å². The zero-order chi connectivity index (χ0) is 23.0. The van der Waals surface area contributed by atoms with E-state index in [-0.39, 0.29) is 24.0 Å². The number of ether oxygens (including phenoxy) is 3. The van der Waals surface area contributed by atoms with Crippen LogP contribution in [0.15, 0.2) is 40.2 Å². The first-order valence-corrected chi connectivity index (χ1v) is 11.7. The van der Waals surface area contributed by atoms with Gasteiger partial charge in [0.1, 0.15) is 0 Å². The van der Waals surface area contributed by atoms with Crippen LogP contribution < -0.4 is 24.8 Å². The van der Waals surface area contributed by atoms with Crippen LogP contribution in [0.5, 0.6) is 17.2 Å². The fourth-order valence-electron chi connectivity index (χ4n) is 3.22. The molecule has 0 bridgehead atoms. The number of hydrogen-bond donors (Lipinski definition) is 2. The molecule has 0 radical (unpaired) electrons. The van der Waals surface area contributed by atoms with E-state index in [2.05, 4.69) is 15.6 Å². The van der Waals surface area contributed by atoms with Crippen LogP contribution >= 0.6 is 24.0 Å². The second-order valence-electron chi connectivity index (χ2n) is 6.91. The van der Waals surface area contributed by atoms with Crippen molar-refractivity contribution in [3.05, 3.63) is 47.0 Å². The Hall–Kier alpha value is -2.21. The molecule has 0 aliphatic rings. The van der Waals surface area contributed by atoms with Crippen molar-refractivity contribution in [3.63, 3.8) is 0 Å². The van der Waals surface area contributed by atoms with Crippen LogP contribution in [0.25, 0.3) is 0 Å². The number of hydrogen-bond acceptors (Lipinski definition) is 6. The lowest BCUT2D eigenvalue weighted by Crippen LogP contribution is -2.36. The molecule has 2 rings (SSSR count). The van der Waals surface area contributed by atoms with Crippen molar-refractivity contribution in [1.29, 1.82) is 0 Å². The van der Waals surface area contributed by atoms with E-state index in [1.807, 2.05) is 25.1 Å². The first-order valence-electron chi connectivity index (χ1n) is 9.84. The van der Waals surface area contributed by atoms with Gasteiger partial charge in [-0.1, -0.05) is 12.1 Å². The Kier molecular flexibility index (Phi) is 11.1. The maximum Gasteiger partial charge on any atom is 0.203 e. The lowest BCUT2D eigenvalue weighted by Gasteiger charge is -2.17. The number of guanidine groups is 1. The topological polar surface area (TPSA) is 98.3 Å². The summed E-state index contributed by atoms with van der Waals surface area (Å²) >= 11 is 0. The molecule has 8 nitrogen and oxygen atoms in total. The molecule has 2 N–H and O–H groups in total. The maximum absolute atomic E-state index is 11.8. The van der Waals surface area contributed by atoms with Gasteiger partial charge in [0, 0.05) is 24.9 Å². The lowest BCUT2D eigenvalue weighted by atomic mass is 10.1. The zero-order valence-electron chi connectivity index (χ0n) is 19.3. The van der Waals surface area contributed by atoms with Crippen molar-refractivity contribution >= 4 is 39.8 Å².